The number of ether oxygens (including phenoxy) is 1. The molecule has 1 aromatic rings. The number of benzene rings is 1. The fourth-order valence-electron chi connectivity index (χ4n) is 2.44. The third-order valence-corrected chi connectivity index (χ3v) is 3.45. The summed E-state index contributed by atoms with van der Waals surface area (Å²) in [5.41, 5.74) is 6.97. The number of fused-ring (bicyclic) bond motifs is 1. The molecule has 2 N–H and O–H groups in total. The van der Waals surface area contributed by atoms with Gasteiger partial charge in [0.1, 0.15) is 11.9 Å². The topological polar surface area (TPSA) is 38.5 Å². The van der Waals surface area contributed by atoms with Gasteiger partial charge in [-0.3, -0.25) is 4.90 Å². The Morgan fingerprint density at radius 1 is 1.44 bits per heavy atom. The Kier molecular flexibility index (Phi) is 2.54. The summed E-state index contributed by atoms with van der Waals surface area (Å²) in [6.45, 7) is 2.97. The summed E-state index contributed by atoms with van der Waals surface area (Å²) in [4.78, 5) is 2.34. The van der Waals surface area contributed by atoms with E-state index in [4.69, 9.17) is 22.1 Å². The average molecular weight is 239 g/mol. The van der Waals surface area contributed by atoms with Crippen LogP contribution < -0.4 is 10.5 Å². The first kappa shape index (κ1) is 10.4. The minimum Gasteiger partial charge on any atom is -0.488 e. The molecule has 0 aliphatic carbocycles. The number of hydrogen-bond acceptors (Lipinski definition) is 3. The Balaban J connectivity index is 1.62. The molecular weight excluding hydrogens is 224 g/mol. The summed E-state index contributed by atoms with van der Waals surface area (Å²) in [7, 11) is 0. The highest BCUT2D eigenvalue weighted by Crippen LogP contribution is 2.31. The summed E-state index contributed by atoms with van der Waals surface area (Å²) in [5.74, 6) is 0.985. The molecular formula is C12H15ClN2O. The maximum atomic E-state index is 5.95. The number of rotatable bonds is 2. The zero-order valence-electron chi connectivity index (χ0n) is 9.03. The molecule has 1 saturated heterocycles. The molecule has 2 heterocycles. The largest absolute Gasteiger partial charge is 0.488 e. The van der Waals surface area contributed by atoms with Crippen molar-refractivity contribution in [2.75, 3.05) is 19.6 Å². The molecule has 1 atom stereocenters. The van der Waals surface area contributed by atoms with Crippen molar-refractivity contribution in [2.45, 2.75) is 18.6 Å². The lowest BCUT2D eigenvalue weighted by Crippen LogP contribution is -2.57. The third-order valence-electron chi connectivity index (χ3n) is 3.21. The second-order valence-electron chi connectivity index (χ2n) is 4.67. The molecule has 2 aliphatic heterocycles. The van der Waals surface area contributed by atoms with Crippen LogP contribution in [0.3, 0.4) is 0 Å². The molecule has 86 valence electrons. The quantitative estimate of drug-likeness (QED) is 0.844. The predicted octanol–water partition coefficient (Wildman–Crippen LogP) is 1.29. The van der Waals surface area contributed by atoms with Crippen LogP contribution in [0.2, 0.25) is 5.02 Å². The van der Waals surface area contributed by atoms with Crippen molar-refractivity contribution < 1.29 is 4.74 Å². The van der Waals surface area contributed by atoms with Crippen molar-refractivity contribution >= 4 is 11.6 Å². The van der Waals surface area contributed by atoms with Crippen molar-refractivity contribution in [2.24, 2.45) is 5.73 Å². The Bertz CT molecular complexity index is 404. The average Bonchev–Trinajstić information content (AvgIpc) is 2.57. The van der Waals surface area contributed by atoms with Crippen molar-refractivity contribution in [3.05, 3.63) is 28.8 Å². The van der Waals surface area contributed by atoms with Gasteiger partial charge < -0.3 is 10.5 Å². The standard InChI is InChI=1S/C12H15ClN2O/c13-9-1-2-12-8(3-9)4-11(16-12)7-15-5-10(14)6-15/h1-3,10-11H,4-7,14H2. The molecule has 0 amide bonds. The van der Waals surface area contributed by atoms with Crippen LogP contribution in [0.15, 0.2) is 18.2 Å². The molecule has 0 saturated carbocycles. The number of likely N-dealkylation sites (tertiary alicyclic amines) is 1. The highest BCUT2D eigenvalue weighted by atomic mass is 35.5. The van der Waals surface area contributed by atoms with Gasteiger partial charge in [0.05, 0.1) is 0 Å². The Morgan fingerprint density at radius 3 is 3.00 bits per heavy atom. The second-order valence-corrected chi connectivity index (χ2v) is 5.11. The highest BCUT2D eigenvalue weighted by molar-refractivity contribution is 6.30. The van der Waals surface area contributed by atoms with Gasteiger partial charge in [0.15, 0.2) is 0 Å². The molecule has 3 nitrogen and oxygen atoms in total. The zero-order valence-corrected chi connectivity index (χ0v) is 9.78. The zero-order chi connectivity index (χ0) is 11.1. The van der Waals surface area contributed by atoms with Crippen molar-refractivity contribution in [1.82, 2.24) is 4.90 Å². The normalized spacial score (nSPS) is 25.0. The first-order valence-electron chi connectivity index (χ1n) is 5.64. The Labute approximate surface area is 100 Å². The molecule has 16 heavy (non-hydrogen) atoms. The van der Waals surface area contributed by atoms with Crippen LogP contribution in [0.4, 0.5) is 0 Å². The van der Waals surface area contributed by atoms with Gasteiger partial charge in [-0.15, -0.1) is 0 Å². The minimum absolute atomic E-state index is 0.265. The van der Waals surface area contributed by atoms with E-state index in [1.165, 1.54) is 5.56 Å². The van der Waals surface area contributed by atoms with E-state index < -0.39 is 0 Å². The van der Waals surface area contributed by atoms with E-state index >= 15 is 0 Å². The summed E-state index contributed by atoms with van der Waals surface area (Å²) in [5, 5.41) is 0.786. The highest BCUT2D eigenvalue weighted by Gasteiger charge is 2.29. The summed E-state index contributed by atoms with van der Waals surface area (Å²) in [6, 6.07) is 6.19. The first-order chi connectivity index (χ1) is 7.70. The number of halogens is 1. The van der Waals surface area contributed by atoms with Crippen molar-refractivity contribution in [1.29, 1.82) is 0 Å². The lowest BCUT2D eigenvalue weighted by Gasteiger charge is -2.38. The third kappa shape index (κ3) is 1.90. The van der Waals surface area contributed by atoms with Crippen molar-refractivity contribution in [3.8, 4) is 5.75 Å². The van der Waals surface area contributed by atoms with Gasteiger partial charge in [0.25, 0.3) is 0 Å². The smallest absolute Gasteiger partial charge is 0.123 e. The fourth-order valence-corrected chi connectivity index (χ4v) is 2.63. The summed E-state index contributed by atoms with van der Waals surface area (Å²) < 4.78 is 5.86. The van der Waals surface area contributed by atoms with Gasteiger partial charge in [-0.25, -0.2) is 0 Å². The Hall–Kier alpha value is -0.770. The van der Waals surface area contributed by atoms with Crippen LogP contribution in [0, 0.1) is 0 Å². The predicted molar refractivity (Wildman–Crippen MR) is 64.0 cm³/mol. The fraction of sp³-hybridized carbons (Fsp3) is 0.500. The minimum atomic E-state index is 0.265. The van der Waals surface area contributed by atoms with E-state index in [-0.39, 0.29) is 6.10 Å². The lowest BCUT2D eigenvalue weighted by molar-refractivity contribution is 0.0900. The van der Waals surface area contributed by atoms with E-state index in [1.807, 2.05) is 18.2 Å². The monoisotopic (exact) mass is 238 g/mol. The van der Waals surface area contributed by atoms with E-state index in [1.54, 1.807) is 0 Å². The van der Waals surface area contributed by atoms with Gasteiger partial charge in [-0.2, -0.15) is 0 Å². The molecule has 0 bridgehead atoms. The van der Waals surface area contributed by atoms with Gasteiger partial charge in [0.2, 0.25) is 0 Å². The van der Waals surface area contributed by atoms with E-state index in [9.17, 15) is 0 Å². The van der Waals surface area contributed by atoms with Crippen LogP contribution in [0.25, 0.3) is 0 Å². The molecule has 0 aromatic heterocycles. The molecule has 0 radical (unpaired) electrons. The lowest BCUT2D eigenvalue weighted by atomic mass is 10.1. The van der Waals surface area contributed by atoms with Crippen LogP contribution >= 0.6 is 11.6 Å². The number of hydrogen-bond donors (Lipinski definition) is 1. The Morgan fingerprint density at radius 2 is 2.25 bits per heavy atom. The van der Waals surface area contributed by atoms with Crippen LogP contribution in [0.5, 0.6) is 5.75 Å². The van der Waals surface area contributed by atoms with Crippen LogP contribution in [0.1, 0.15) is 5.56 Å². The van der Waals surface area contributed by atoms with Gasteiger partial charge in [-0.05, 0) is 23.8 Å². The van der Waals surface area contributed by atoms with Gasteiger partial charge in [-0.1, -0.05) is 11.6 Å². The maximum Gasteiger partial charge on any atom is 0.123 e. The van der Waals surface area contributed by atoms with E-state index in [0.717, 1.165) is 36.8 Å². The number of nitrogens with zero attached hydrogens (tertiary/aromatic N) is 1. The molecule has 2 aliphatic rings. The number of nitrogens with two attached hydrogens (primary N) is 1. The molecule has 1 unspecified atom stereocenters. The molecule has 1 aromatic carbocycles. The van der Waals surface area contributed by atoms with Gasteiger partial charge in [0, 0.05) is 37.1 Å². The summed E-state index contributed by atoms with van der Waals surface area (Å²) >= 11 is 5.95. The van der Waals surface area contributed by atoms with Gasteiger partial charge >= 0.3 is 0 Å². The summed E-state index contributed by atoms with van der Waals surface area (Å²) in [6.07, 6.45) is 1.22. The van der Waals surface area contributed by atoms with Crippen LogP contribution in [-0.4, -0.2) is 36.7 Å². The van der Waals surface area contributed by atoms with E-state index in [2.05, 4.69) is 4.90 Å². The maximum absolute atomic E-state index is 5.95. The molecule has 3 rings (SSSR count). The first-order valence-corrected chi connectivity index (χ1v) is 6.01. The molecule has 4 heteroatoms. The second kappa shape index (κ2) is 3.91. The van der Waals surface area contributed by atoms with Crippen molar-refractivity contribution in [3.63, 3.8) is 0 Å². The van der Waals surface area contributed by atoms with E-state index in [0.29, 0.717) is 6.04 Å². The molecule has 1 fully saturated rings. The van der Waals surface area contributed by atoms with Crippen LogP contribution in [-0.2, 0) is 6.42 Å². The SMILES string of the molecule is NC1CN(CC2Cc3cc(Cl)ccc3O2)C1. The molecule has 0 spiro atoms.